The number of methoxy groups -OCH3 is 1. The van der Waals surface area contributed by atoms with Crippen LogP contribution in [0.1, 0.15) is 15.9 Å². The number of hydrogen-bond acceptors (Lipinski definition) is 4. The van der Waals surface area contributed by atoms with Gasteiger partial charge in [-0.2, -0.15) is 0 Å². The van der Waals surface area contributed by atoms with Gasteiger partial charge in [0.15, 0.2) is 0 Å². The van der Waals surface area contributed by atoms with Crippen LogP contribution in [0.4, 0.5) is 4.39 Å². The first kappa shape index (κ1) is 17.4. The van der Waals surface area contributed by atoms with Crippen LogP contribution < -0.4 is 4.72 Å². The third-order valence-electron chi connectivity index (χ3n) is 3.00. The van der Waals surface area contributed by atoms with Gasteiger partial charge in [-0.15, -0.1) is 0 Å². The molecule has 0 unspecified atom stereocenters. The molecule has 2 aromatic carbocycles. The Bertz CT molecular complexity index is 839. The lowest BCUT2D eigenvalue weighted by molar-refractivity contribution is 0.0600. The third-order valence-corrected chi connectivity index (χ3v) is 4.88. The van der Waals surface area contributed by atoms with Crippen LogP contribution in [0.2, 0.25) is 5.02 Å². The number of halogens is 2. The summed E-state index contributed by atoms with van der Waals surface area (Å²) in [6, 6.07) is 9.29. The van der Waals surface area contributed by atoms with Gasteiger partial charge in [0, 0.05) is 6.54 Å². The molecule has 1 N–H and O–H groups in total. The Morgan fingerprint density at radius 2 is 2.00 bits per heavy atom. The molecule has 2 aromatic rings. The number of sulfonamides is 1. The minimum absolute atomic E-state index is 0.0881. The highest BCUT2D eigenvalue weighted by Gasteiger charge is 2.19. The van der Waals surface area contributed by atoms with Gasteiger partial charge in [0.25, 0.3) is 0 Å². The highest BCUT2D eigenvalue weighted by Crippen LogP contribution is 2.23. The number of carbonyl (C=O) groups excluding carboxylic acids is 1. The molecule has 0 aromatic heterocycles. The predicted octanol–water partition coefficient (Wildman–Crippen LogP) is 2.74. The molecule has 0 aliphatic carbocycles. The lowest BCUT2D eigenvalue weighted by Crippen LogP contribution is -2.23. The highest BCUT2D eigenvalue weighted by molar-refractivity contribution is 7.89. The zero-order valence-electron chi connectivity index (χ0n) is 12.0. The van der Waals surface area contributed by atoms with E-state index in [1.54, 1.807) is 6.07 Å². The zero-order valence-corrected chi connectivity index (χ0v) is 13.6. The summed E-state index contributed by atoms with van der Waals surface area (Å²) in [5.74, 6) is -1.08. The van der Waals surface area contributed by atoms with E-state index in [0.29, 0.717) is 5.56 Å². The summed E-state index contributed by atoms with van der Waals surface area (Å²) in [7, 11) is -2.70. The fraction of sp³-hybridized carbons (Fsp3) is 0.133. The van der Waals surface area contributed by atoms with Crippen LogP contribution in [0, 0.1) is 5.82 Å². The van der Waals surface area contributed by atoms with E-state index in [2.05, 4.69) is 9.46 Å². The lowest BCUT2D eigenvalue weighted by Gasteiger charge is -2.09. The van der Waals surface area contributed by atoms with Crippen LogP contribution in [-0.4, -0.2) is 21.5 Å². The van der Waals surface area contributed by atoms with Crippen molar-refractivity contribution in [1.29, 1.82) is 0 Å². The van der Waals surface area contributed by atoms with E-state index >= 15 is 0 Å². The van der Waals surface area contributed by atoms with Crippen LogP contribution in [0.3, 0.4) is 0 Å². The van der Waals surface area contributed by atoms with Crippen molar-refractivity contribution in [3.63, 3.8) is 0 Å². The molecular formula is C15H13ClFNO4S. The molecular weight excluding hydrogens is 345 g/mol. The van der Waals surface area contributed by atoms with Gasteiger partial charge in [0.05, 0.1) is 17.7 Å². The van der Waals surface area contributed by atoms with Crippen molar-refractivity contribution in [3.8, 4) is 0 Å². The van der Waals surface area contributed by atoms with Crippen molar-refractivity contribution in [3.05, 3.63) is 64.4 Å². The molecule has 122 valence electrons. The zero-order chi connectivity index (χ0) is 17.0. The van der Waals surface area contributed by atoms with E-state index in [1.807, 2.05) is 0 Å². The largest absolute Gasteiger partial charge is 0.465 e. The molecule has 0 bridgehead atoms. The second kappa shape index (κ2) is 7.08. The number of benzene rings is 2. The third kappa shape index (κ3) is 4.28. The van der Waals surface area contributed by atoms with E-state index in [9.17, 15) is 17.6 Å². The second-order valence-corrected chi connectivity index (χ2v) is 6.73. The van der Waals surface area contributed by atoms with Gasteiger partial charge in [-0.25, -0.2) is 22.3 Å². The van der Waals surface area contributed by atoms with Crippen molar-refractivity contribution in [2.24, 2.45) is 0 Å². The highest BCUT2D eigenvalue weighted by atomic mass is 35.5. The smallest absolute Gasteiger partial charge is 0.337 e. The Morgan fingerprint density at radius 1 is 1.26 bits per heavy atom. The average Bonchev–Trinajstić information content (AvgIpc) is 2.52. The first-order valence-corrected chi connectivity index (χ1v) is 8.31. The van der Waals surface area contributed by atoms with Crippen molar-refractivity contribution < 1.29 is 22.3 Å². The summed E-state index contributed by atoms with van der Waals surface area (Å²) < 4.78 is 44.5. The van der Waals surface area contributed by atoms with Crippen molar-refractivity contribution in [1.82, 2.24) is 4.72 Å². The molecule has 8 heteroatoms. The van der Waals surface area contributed by atoms with Gasteiger partial charge in [-0.05, 0) is 35.9 Å². The van der Waals surface area contributed by atoms with E-state index < -0.39 is 21.8 Å². The Kier molecular flexibility index (Phi) is 5.35. The van der Waals surface area contributed by atoms with Gasteiger partial charge in [-0.3, -0.25) is 0 Å². The molecule has 0 aliphatic heterocycles. The molecule has 0 fully saturated rings. The summed E-state index contributed by atoms with van der Waals surface area (Å²) in [5.41, 5.74) is 0.609. The van der Waals surface area contributed by atoms with Gasteiger partial charge in [0.2, 0.25) is 10.0 Å². The number of esters is 1. The molecule has 2 rings (SSSR count). The van der Waals surface area contributed by atoms with Gasteiger partial charge < -0.3 is 4.74 Å². The fourth-order valence-corrected chi connectivity index (χ4v) is 3.43. The quantitative estimate of drug-likeness (QED) is 0.835. The molecule has 0 amide bonds. The molecule has 0 atom stereocenters. The molecule has 0 saturated carbocycles. The molecule has 23 heavy (non-hydrogen) atoms. The summed E-state index contributed by atoms with van der Waals surface area (Å²) in [5, 5.41) is -0.111. The van der Waals surface area contributed by atoms with Crippen molar-refractivity contribution in [2.75, 3.05) is 7.11 Å². The van der Waals surface area contributed by atoms with Crippen molar-refractivity contribution >= 4 is 27.6 Å². The van der Waals surface area contributed by atoms with Crippen LogP contribution in [-0.2, 0) is 21.3 Å². The van der Waals surface area contributed by atoms with Crippen molar-refractivity contribution in [2.45, 2.75) is 11.4 Å². The number of carbonyl (C=O) groups is 1. The SMILES string of the molecule is COC(=O)c1ccc(S(=O)(=O)NCc2cccc(F)c2)c(Cl)c1. The molecule has 0 saturated heterocycles. The van der Waals surface area contributed by atoms with Crippen LogP contribution in [0.15, 0.2) is 47.4 Å². The van der Waals surface area contributed by atoms with E-state index in [0.717, 1.165) is 0 Å². The lowest BCUT2D eigenvalue weighted by atomic mass is 10.2. The number of nitrogens with one attached hydrogen (secondary N) is 1. The van der Waals surface area contributed by atoms with E-state index in [1.165, 1.54) is 43.5 Å². The first-order valence-electron chi connectivity index (χ1n) is 6.45. The van der Waals surface area contributed by atoms with Gasteiger partial charge in [0.1, 0.15) is 10.7 Å². The van der Waals surface area contributed by atoms with E-state index in [-0.39, 0.29) is 22.0 Å². The maximum atomic E-state index is 13.1. The molecule has 5 nitrogen and oxygen atoms in total. The minimum atomic E-state index is -3.91. The fourth-order valence-electron chi connectivity index (χ4n) is 1.87. The number of hydrogen-bond donors (Lipinski definition) is 1. The first-order chi connectivity index (χ1) is 10.8. The maximum absolute atomic E-state index is 13.1. The van der Waals surface area contributed by atoms with Gasteiger partial charge in [-0.1, -0.05) is 23.7 Å². The molecule has 0 heterocycles. The number of rotatable bonds is 5. The Labute approximate surface area is 138 Å². The minimum Gasteiger partial charge on any atom is -0.465 e. The normalized spacial score (nSPS) is 11.3. The Balaban J connectivity index is 2.21. The summed E-state index contributed by atoms with van der Waals surface area (Å²) >= 11 is 5.93. The Morgan fingerprint density at radius 3 is 2.61 bits per heavy atom. The van der Waals surface area contributed by atoms with Crippen LogP contribution in [0.5, 0.6) is 0 Å². The molecule has 0 radical (unpaired) electrons. The molecule has 0 aliphatic rings. The maximum Gasteiger partial charge on any atom is 0.337 e. The monoisotopic (exact) mass is 357 g/mol. The summed E-state index contributed by atoms with van der Waals surface area (Å²) in [6.07, 6.45) is 0. The topological polar surface area (TPSA) is 72.5 Å². The molecule has 0 spiro atoms. The van der Waals surface area contributed by atoms with Crippen LogP contribution in [0.25, 0.3) is 0 Å². The van der Waals surface area contributed by atoms with Crippen LogP contribution >= 0.6 is 11.6 Å². The average molecular weight is 358 g/mol. The Hall–Kier alpha value is -1.96. The summed E-state index contributed by atoms with van der Waals surface area (Å²) in [6.45, 7) is -0.0881. The standard InChI is InChI=1S/C15H13ClFNO4S/c1-22-15(19)11-5-6-14(13(16)8-11)23(20,21)18-9-10-3-2-4-12(17)7-10/h2-8,18H,9H2,1H3. The number of ether oxygens (including phenoxy) is 1. The summed E-state index contributed by atoms with van der Waals surface area (Å²) in [4.78, 5) is 11.2. The van der Waals surface area contributed by atoms with Gasteiger partial charge >= 0.3 is 5.97 Å². The second-order valence-electron chi connectivity index (χ2n) is 4.59. The van der Waals surface area contributed by atoms with E-state index in [4.69, 9.17) is 11.6 Å². The predicted molar refractivity (Wildman–Crippen MR) is 83.2 cm³/mol.